The van der Waals surface area contributed by atoms with Crippen LogP contribution in [0.2, 0.25) is 0 Å². The Hall–Kier alpha value is -3.47. The summed E-state index contributed by atoms with van der Waals surface area (Å²) in [5.41, 5.74) is 2.77. The molecule has 0 saturated carbocycles. The maximum atomic E-state index is 12.4. The first-order valence-electron chi connectivity index (χ1n) is 8.46. The van der Waals surface area contributed by atoms with Crippen molar-refractivity contribution in [1.29, 1.82) is 0 Å². The van der Waals surface area contributed by atoms with Crippen molar-refractivity contribution in [3.05, 3.63) is 90.5 Å². The van der Waals surface area contributed by atoms with E-state index in [2.05, 4.69) is 27.5 Å². The van der Waals surface area contributed by atoms with E-state index in [0.717, 1.165) is 21.9 Å². The zero-order valence-corrected chi connectivity index (χ0v) is 14.2. The van der Waals surface area contributed by atoms with Gasteiger partial charge < -0.3 is 5.32 Å². The van der Waals surface area contributed by atoms with E-state index < -0.39 is 0 Å². The summed E-state index contributed by atoms with van der Waals surface area (Å²) in [6.45, 7) is 0.618. The number of hydrogen-bond acceptors (Lipinski definition) is 3. The third kappa shape index (κ3) is 3.62. The molecule has 0 atom stereocenters. The summed E-state index contributed by atoms with van der Waals surface area (Å²) in [7, 11) is 0. The van der Waals surface area contributed by atoms with Crippen LogP contribution in [0.3, 0.4) is 0 Å². The zero-order chi connectivity index (χ0) is 17.8. The predicted molar refractivity (Wildman–Crippen MR) is 102 cm³/mol. The van der Waals surface area contributed by atoms with Gasteiger partial charge in [-0.25, -0.2) is 0 Å². The van der Waals surface area contributed by atoms with E-state index in [1.807, 2.05) is 48.7 Å². The van der Waals surface area contributed by atoms with Crippen molar-refractivity contribution in [2.24, 2.45) is 0 Å². The molecule has 0 radical (unpaired) electrons. The zero-order valence-electron chi connectivity index (χ0n) is 14.2. The lowest BCUT2D eigenvalue weighted by molar-refractivity contribution is -0.115. The molecule has 2 aromatic carbocycles. The van der Waals surface area contributed by atoms with Crippen molar-refractivity contribution >= 4 is 22.4 Å². The minimum Gasteiger partial charge on any atom is -0.323 e. The third-order valence-corrected chi connectivity index (χ3v) is 4.22. The van der Waals surface area contributed by atoms with E-state index in [9.17, 15) is 4.79 Å². The second-order valence-electron chi connectivity index (χ2n) is 6.15. The van der Waals surface area contributed by atoms with Gasteiger partial charge in [-0.15, -0.1) is 0 Å². The Bertz CT molecular complexity index is 1030. The van der Waals surface area contributed by atoms with Crippen LogP contribution in [0.5, 0.6) is 0 Å². The highest BCUT2D eigenvalue weighted by atomic mass is 16.1. The largest absolute Gasteiger partial charge is 0.323 e. The van der Waals surface area contributed by atoms with E-state index >= 15 is 0 Å². The maximum absolute atomic E-state index is 12.4. The molecule has 1 amide bonds. The van der Waals surface area contributed by atoms with Crippen molar-refractivity contribution in [3.63, 3.8) is 0 Å². The molecule has 0 saturated heterocycles. The van der Waals surface area contributed by atoms with Crippen molar-refractivity contribution in [2.75, 3.05) is 5.32 Å². The molecule has 0 fully saturated rings. The average Bonchev–Trinajstić information content (AvgIpc) is 3.09. The minimum atomic E-state index is -0.0534. The number of fused-ring (bicyclic) bond motifs is 1. The number of aromatic nitrogens is 3. The Balaban J connectivity index is 1.44. The summed E-state index contributed by atoms with van der Waals surface area (Å²) in [5.74, 6) is -0.0534. The fourth-order valence-corrected chi connectivity index (χ4v) is 3.02. The Labute approximate surface area is 151 Å². The predicted octanol–water partition coefficient (Wildman–Crippen LogP) is 3.66. The number of carbonyl (C=O) groups excluding carboxylic acids is 1. The molecule has 0 spiro atoms. The molecule has 5 nitrogen and oxygen atoms in total. The van der Waals surface area contributed by atoms with Gasteiger partial charge in [0.15, 0.2) is 0 Å². The van der Waals surface area contributed by atoms with Gasteiger partial charge in [0.25, 0.3) is 0 Å². The van der Waals surface area contributed by atoms with Crippen molar-refractivity contribution in [2.45, 2.75) is 13.0 Å². The van der Waals surface area contributed by atoms with E-state index in [-0.39, 0.29) is 5.91 Å². The molecule has 0 aliphatic carbocycles. The van der Waals surface area contributed by atoms with Crippen LogP contribution in [0.25, 0.3) is 10.8 Å². The summed E-state index contributed by atoms with van der Waals surface area (Å²) in [6.07, 6.45) is 7.37. The van der Waals surface area contributed by atoms with Gasteiger partial charge in [-0.2, -0.15) is 5.10 Å². The SMILES string of the molecule is O=C(Cc1cccc2ccccc12)Nc1cnn(Cc2cccnc2)c1. The van der Waals surface area contributed by atoms with E-state index in [1.54, 1.807) is 23.3 Å². The smallest absolute Gasteiger partial charge is 0.228 e. The van der Waals surface area contributed by atoms with Gasteiger partial charge in [-0.05, 0) is 28.0 Å². The van der Waals surface area contributed by atoms with Gasteiger partial charge in [0.05, 0.1) is 24.8 Å². The number of benzene rings is 2. The number of pyridine rings is 1. The second kappa shape index (κ2) is 7.19. The van der Waals surface area contributed by atoms with Crippen molar-refractivity contribution < 1.29 is 4.79 Å². The Morgan fingerprint density at radius 1 is 1.00 bits per heavy atom. The van der Waals surface area contributed by atoms with Gasteiger partial charge in [0, 0.05) is 18.6 Å². The van der Waals surface area contributed by atoms with E-state index in [0.29, 0.717) is 18.7 Å². The number of nitrogens with one attached hydrogen (secondary N) is 1. The quantitative estimate of drug-likeness (QED) is 0.602. The molecule has 26 heavy (non-hydrogen) atoms. The summed E-state index contributed by atoms with van der Waals surface area (Å²) >= 11 is 0. The first-order valence-corrected chi connectivity index (χ1v) is 8.46. The standard InChI is InChI=1S/C21H18N4O/c26-21(11-18-8-3-7-17-6-1-2-9-20(17)18)24-19-13-23-25(15-19)14-16-5-4-10-22-12-16/h1-10,12-13,15H,11,14H2,(H,24,26). The molecule has 0 aliphatic heterocycles. The normalized spacial score (nSPS) is 10.8. The van der Waals surface area contributed by atoms with E-state index in [4.69, 9.17) is 0 Å². The molecule has 4 aromatic rings. The summed E-state index contributed by atoms with van der Waals surface area (Å²) in [6, 6.07) is 18.0. The minimum absolute atomic E-state index is 0.0534. The lowest BCUT2D eigenvalue weighted by Crippen LogP contribution is -2.14. The molecule has 2 heterocycles. The lowest BCUT2D eigenvalue weighted by Gasteiger charge is -2.06. The van der Waals surface area contributed by atoms with Crippen LogP contribution in [-0.2, 0) is 17.8 Å². The van der Waals surface area contributed by atoms with Crippen LogP contribution in [0, 0.1) is 0 Å². The number of amides is 1. The molecule has 1 N–H and O–H groups in total. The molecule has 5 heteroatoms. The molecule has 0 bridgehead atoms. The Morgan fingerprint density at radius 2 is 1.88 bits per heavy atom. The monoisotopic (exact) mass is 342 g/mol. The molecular formula is C21H18N4O. The Kier molecular flexibility index (Phi) is 4.43. The molecule has 4 rings (SSSR count). The van der Waals surface area contributed by atoms with Gasteiger partial charge >= 0.3 is 0 Å². The maximum Gasteiger partial charge on any atom is 0.228 e. The average molecular weight is 342 g/mol. The van der Waals surface area contributed by atoms with Gasteiger partial charge in [0.2, 0.25) is 5.91 Å². The van der Waals surface area contributed by atoms with Gasteiger partial charge in [-0.1, -0.05) is 48.5 Å². The molecule has 128 valence electrons. The van der Waals surface area contributed by atoms with Crippen LogP contribution < -0.4 is 5.32 Å². The van der Waals surface area contributed by atoms with Gasteiger partial charge in [0.1, 0.15) is 0 Å². The molecule has 0 unspecified atom stereocenters. The summed E-state index contributed by atoms with van der Waals surface area (Å²) in [4.78, 5) is 16.5. The van der Waals surface area contributed by atoms with Crippen LogP contribution in [-0.4, -0.2) is 20.7 Å². The van der Waals surface area contributed by atoms with Gasteiger partial charge in [-0.3, -0.25) is 14.5 Å². The summed E-state index contributed by atoms with van der Waals surface area (Å²) < 4.78 is 1.78. The first-order chi connectivity index (χ1) is 12.8. The molecule has 0 aliphatic rings. The lowest BCUT2D eigenvalue weighted by atomic mass is 10.0. The first kappa shape index (κ1) is 16.0. The number of hydrogen-bond donors (Lipinski definition) is 1. The van der Waals surface area contributed by atoms with Crippen LogP contribution in [0.4, 0.5) is 5.69 Å². The van der Waals surface area contributed by atoms with Crippen LogP contribution in [0.15, 0.2) is 79.4 Å². The van der Waals surface area contributed by atoms with Crippen LogP contribution in [0.1, 0.15) is 11.1 Å². The third-order valence-electron chi connectivity index (χ3n) is 4.22. The highest BCUT2D eigenvalue weighted by Crippen LogP contribution is 2.19. The number of nitrogens with zero attached hydrogens (tertiary/aromatic N) is 3. The highest BCUT2D eigenvalue weighted by molar-refractivity contribution is 5.96. The van der Waals surface area contributed by atoms with Crippen molar-refractivity contribution in [1.82, 2.24) is 14.8 Å². The summed E-state index contributed by atoms with van der Waals surface area (Å²) in [5, 5.41) is 9.47. The van der Waals surface area contributed by atoms with Crippen molar-refractivity contribution in [3.8, 4) is 0 Å². The second-order valence-corrected chi connectivity index (χ2v) is 6.15. The van der Waals surface area contributed by atoms with E-state index in [1.165, 1.54) is 0 Å². The fourth-order valence-electron chi connectivity index (χ4n) is 3.02. The molecule has 2 aromatic heterocycles. The topological polar surface area (TPSA) is 59.8 Å². The number of carbonyl (C=O) groups is 1. The number of rotatable bonds is 5. The molecular weight excluding hydrogens is 324 g/mol. The fraction of sp³-hybridized carbons (Fsp3) is 0.0952. The Morgan fingerprint density at radius 3 is 2.77 bits per heavy atom. The highest BCUT2D eigenvalue weighted by Gasteiger charge is 2.08. The van der Waals surface area contributed by atoms with Crippen LogP contribution >= 0.6 is 0 Å². The number of anilines is 1.